The van der Waals surface area contributed by atoms with Crippen LogP contribution in [0.15, 0.2) is 17.0 Å². The molecule has 0 saturated carbocycles. The fraction of sp³-hybridized carbons (Fsp3) is 0.143. The van der Waals surface area contributed by atoms with Crippen molar-refractivity contribution in [2.75, 3.05) is 0 Å². The molecule has 2 nitrogen and oxygen atoms in total. The Labute approximate surface area is 82.1 Å². The molecule has 0 aliphatic carbocycles. The second-order valence-electron chi connectivity index (χ2n) is 2.33. The van der Waals surface area contributed by atoms with E-state index in [1.165, 1.54) is 0 Å². The third-order valence-electron chi connectivity index (χ3n) is 1.34. The molecule has 0 aliphatic rings. The molecule has 0 spiro atoms. The average Bonchev–Trinajstić information content (AvgIpc) is 1.82. The Morgan fingerprint density at radius 2 is 1.58 bits per heavy atom. The monoisotopic (exact) mass is 224 g/mol. The van der Waals surface area contributed by atoms with E-state index in [1.807, 2.05) is 0 Å². The maximum atomic E-state index is 10.6. The van der Waals surface area contributed by atoms with Crippen molar-refractivity contribution in [3.05, 3.63) is 27.7 Å². The molecule has 0 radical (unpaired) electrons. The maximum absolute atomic E-state index is 10.6. The highest BCUT2D eigenvalue weighted by molar-refractivity contribution is 7.72. The van der Waals surface area contributed by atoms with Crippen LogP contribution in [0.5, 0.6) is 0 Å². The number of hydrogen-bond donors (Lipinski definition) is 1. The van der Waals surface area contributed by atoms with Crippen LogP contribution in [0, 0.1) is 6.92 Å². The van der Waals surface area contributed by atoms with Gasteiger partial charge in [0.1, 0.15) is 4.90 Å². The standard InChI is InChI=1S/C7H6Cl2O2S/c1-4-2-5(8)7(12(10)11)6(9)3-4/h2-3,12H,1H3. The lowest BCUT2D eigenvalue weighted by atomic mass is 10.2. The molecular formula is C7H6Cl2O2S. The van der Waals surface area contributed by atoms with E-state index in [9.17, 15) is 8.42 Å². The van der Waals surface area contributed by atoms with E-state index in [-0.39, 0.29) is 14.9 Å². The Hall–Kier alpha value is -0.250. The Morgan fingerprint density at radius 1 is 1.17 bits per heavy atom. The Kier molecular flexibility index (Phi) is 2.99. The van der Waals surface area contributed by atoms with Gasteiger partial charge in [0.25, 0.3) is 0 Å². The van der Waals surface area contributed by atoms with Crippen LogP contribution >= 0.6 is 23.2 Å². The average molecular weight is 225 g/mol. The smallest absolute Gasteiger partial charge is 0.171 e. The summed E-state index contributed by atoms with van der Waals surface area (Å²) in [5.41, 5.74) is 0.839. The van der Waals surface area contributed by atoms with Crippen molar-refractivity contribution < 1.29 is 8.42 Å². The molecule has 0 heterocycles. The lowest BCUT2D eigenvalue weighted by Gasteiger charge is -2.00. The third-order valence-corrected chi connectivity index (χ3v) is 3.05. The second-order valence-corrected chi connectivity index (χ2v) is 4.11. The zero-order chi connectivity index (χ0) is 9.30. The minimum atomic E-state index is -2.71. The zero-order valence-electron chi connectivity index (χ0n) is 6.17. The molecule has 1 aromatic rings. The summed E-state index contributed by atoms with van der Waals surface area (Å²) in [5, 5.41) is 0.354. The summed E-state index contributed by atoms with van der Waals surface area (Å²) in [4.78, 5) is -0.000988. The molecule has 0 atom stereocenters. The molecule has 0 aromatic heterocycles. The van der Waals surface area contributed by atoms with Gasteiger partial charge < -0.3 is 0 Å². The van der Waals surface area contributed by atoms with E-state index in [0.29, 0.717) is 0 Å². The van der Waals surface area contributed by atoms with Crippen molar-refractivity contribution in [1.29, 1.82) is 0 Å². The molecular weight excluding hydrogens is 219 g/mol. The SMILES string of the molecule is Cc1cc(Cl)c([SH](=O)=O)c(Cl)c1. The maximum Gasteiger partial charge on any atom is 0.171 e. The van der Waals surface area contributed by atoms with Crippen LogP contribution in [0.2, 0.25) is 10.0 Å². The zero-order valence-corrected chi connectivity index (χ0v) is 8.58. The van der Waals surface area contributed by atoms with E-state index >= 15 is 0 Å². The molecule has 0 N–H and O–H groups in total. The van der Waals surface area contributed by atoms with Crippen LogP contribution in [0.1, 0.15) is 5.56 Å². The van der Waals surface area contributed by atoms with Crippen molar-refractivity contribution in [1.82, 2.24) is 0 Å². The number of hydrogen-bond acceptors (Lipinski definition) is 2. The van der Waals surface area contributed by atoms with Crippen LogP contribution in [-0.2, 0) is 10.7 Å². The summed E-state index contributed by atoms with van der Waals surface area (Å²) in [6, 6.07) is 3.13. The summed E-state index contributed by atoms with van der Waals surface area (Å²) in [7, 11) is -2.71. The largest absolute Gasteiger partial charge is 0.227 e. The number of aryl methyl sites for hydroxylation is 1. The van der Waals surface area contributed by atoms with Gasteiger partial charge in [0.2, 0.25) is 0 Å². The van der Waals surface area contributed by atoms with Crippen molar-refractivity contribution >= 4 is 33.9 Å². The molecule has 0 amide bonds. The van der Waals surface area contributed by atoms with Crippen molar-refractivity contribution in [3.63, 3.8) is 0 Å². The highest BCUT2D eigenvalue weighted by atomic mass is 35.5. The fourth-order valence-corrected chi connectivity index (χ4v) is 2.35. The molecule has 0 aliphatic heterocycles. The molecule has 66 valence electrons. The molecule has 0 saturated heterocycles. The van der Waals surface area contributed by atoms with Gasteiger partial charge in [-0.1, -0.05) is 23.2 Å². The van der Waals surface area contributed by atoms with Gasteiger partial charge in [0.05, 0.1) is 10.0 Å². The Balaban J connectivity index is 3.48. The van der Waals surface area contributed by atoms with Gasteiger partial charge in [-0.25, -0.2) is 8.42 Å². The van der Waals surface area contributed by atoms with Gasteiger partial charge in [-0.15, -0.1) is 0 Å². The summed E-state index contributed by atoms with van der Waals surface area (Å²) in [6.45, 7) is 1.79. The van der Waals surface area contributed by atoms with Crippen LogP contribution in [0.4, 0.5) is 0 Å². The second kappa shape index (κ2) is 3.64. The van der Waals surface area contributed by atoms with Crippen LogP contribution in [0.25, 0.3) is 0 Å². The van der Waals surface area contributed by atoms with Gasteiger partial charge in [0.15, 0.2) is 10.7 Å². The van der Waals surface area contributed by atoms with E-state index in [1.54, 1.807) is 19.1 Å². The molecule has 0 bridgehead atoms. The number of halogens is 2. The first-order valence-corrected chi connectivity index (χ1v) is 5.05. The van der Waals surface area contributed by atoms with Crippen LogP contribution in [0.3, 0.4) is 0 Å². The molecule has 0 fully saturated rings. The van der Waals surface area contributed by atoms with Crippen molar-refractivity contribution in [3.8, 4) is 0 Å². The summed E-state index contributed by atoms with van der Waals surface area (Å²) in [6.07, 6.45) is 0. The number of rotatable bonds is 1. The quantitative estimate of drug-likeness (QED) is 0.744. The van der Waals surface area contributed by atoms with Crippen molar-refractivity contribution in [2.45, 2.75) is 11.8 Å². The normalized spacial score (nSPS) is 10.7. The fourth-order valence-electron chi connectivity index (χ4n) is 0.867. The molecule has 12 heavy (non-hydrogen) atoms. The van der Waals surface area contributed by atoms with Crippen LogP contribution < -0.4 is 0 Å². The summed E-state index contributed by atoms with van der Waals surface area (Å²) < 4.78 is 21.2. The van der Waals surface area contributed by atoms with Gasteiger partial charge in [-0.3, -0.25) is 0 Å². The lowest BCUT2D eigenvalue weighted by molar-refractivity contribution is 0.614. The van der Waals surface area contributed by atoms with Crippen molar-refractivity contribution in [2.24, 2.45) is 0 Å². The van der Waals surface area contributed by atoms with E-state index in [2.05, 4.69) is 0 Å². The first kappa shape index (κ1) is 9.84. The van der Waals surface area contributed by atoms with E-state index in [0.717, 1.165) is 5.56 Å². The summed E-state index contributed by atoms with van der Waals surface area (Å²) >= 11 is 11.3. The van der Waals surface area contributed by atoms with E-state index in [4.69, 9.17) is 23.2 Å². The Bertz CT molecular complexity index is 354. The molecule has 5 heteroatoms. The van der Waals surface area contributed by atoms with E-state index < -0.39 is 10.7 Å². The number of benzene rings is 1. The van der Waals surface area contributed by atoms with Gasteiger partial charge >= 0.3 is 0 Å². The summed E-state index contributed by atoms with van der Waals surface area (Å²) in [5.74, 6) is 0. The minimum Gasteiger partial charge on any atom is -0.227 e. The number of thiol groups is 1. The lowest BCUT2D eigenvalue weighted by Crippen LogP contribution is -1.85. The predicted octanol–water partition coefficient (Wildman–Crippen LogP) is 2.27. The van der Waals surface area contributed by atoms with Crippen LogP contribution in [-0.4, -0.2) is 8.42 Å². The third kappa shape index (κ3) is 1.91. The van der Waals surface area contributed by atoms with Gasteiger partial charge in [0, 0.05) is 0 Å². The highest BCUT2D eigenvalue weighted by Gasteiger charge is 2.08. The minimum absolute atomic E-state index is 0.000988. The topological polar surface area (TPSA) is 34.1 Å². The van der Waals surface area contributed by atoms with Gasteiger partial charge in [-0.05, 0) is 24.6 Å². The molecule has 1 rings (SSSR count). The highest BCUT2D eigenvalue weighted by Crippen LogP contribution is 2.27. The first-order valence-electron chi connectivity index (χ1n) is 3.12. The first-order chi connectivity index (χ1) is 5.52. The molecule has 0 unspecified atom stereocenters. The Morgan fingerprint density at radius 3 is 1.92 bits per heavy atom. The van der Waals surface area contributed by atoms with Gasteiger partial charge in [-0.2, -0.15) is 0 Å². The molecule has 1 aromatic carbocycles. The predicted molar refractivity (Wildman–Crippen MR) is 49.8 cm³/mol.